The van der Waals surface area contributed by atoms with Crippen LogP contribution in [0.5, 0.6) is 0 Å². The van der Waals surface area contributed by atoms with Crippen molar-refractivity contribution in [1.82, 2.24) is 4.57 Å². The van der Waals surface area contributed by atoms with Crippen LogP contribution in [0.4, 0.5) is 4.39 Å². The predicted molar refractivity (Wildman–Crippen MR) is 70.9 cm³/mol. The Kier molecular flexibility index (Phi) is 4.22. The van der Waals surface area contributed by atoms with Crippen LogP contribution in [-0.4, -0.2) is 17.1 Å². The van der Waals surface area contributed by atoms with Gasteiger partial charge in [-0.25, -0.2) is 9.18 Å². The number of aromatic nitrogens is 1. The monoisotopic (exact) mass is 281 g/mol. The Morgan fingerprint density at radius 1 is 1.42 bits per heavy atom. The summed E-state index contributed by atoms with van der Waals surface area (Å²) in [4.78, 5) is 11.7. The van der Waals surface area contributed by atoms with Crippen LogP contribution in [0, 0.1) is 5.82 Å². The van der Waals surface area contributed by atoms with Gasteiger partial charge in [-0.2, -0.15) is 0 Å². The van der Waals surface area contributed by atoms with Gasteiger partial charge in [0.05, 0.1) is 6.61 Å². The van der Waals surface area contributed by atoms with Crippen LogP contribution in [0.25, 0.3) is 0 Å². The second kappa shape index (κ2) is 5.89. The number of hydrogen-bond acceptors (Lipinski definition) is 2. The summed E-state index contributed by atoms with van der Waals surface area (Å²) in [6, 6.07) is 7.55. The molecule has 5 heteroatoms. The summed E-state index contributed by atoms with van der Waals surface area (Å²) >= 11 is 6.01. The van der Waals surface area contributed by atoms with E-state index in [4.69, 9.17) is 16.3 Å². The minimum Gasteiger partial charge on any atom is -0.461 e. The number of halogens is 2. The molecule has 0 bridgehead atoms. The zero-order valence-electron chi connectivity index (χ0n) is 10.4. The molecule has 0 amide bonds. The molecule has 0 saturated heterocycles. The summed E-state index contributed by atoms with van der Waals surface area (Å²) in [5.41, 5.74) is 1.03. The first-order chi connectivity index (χ1) is 9.11. The molecule has 0 aliphatic rings. The van der Waals surface area contributed by atoms with Gasteiger partial charge in [-0.3, -0.25) is 0 Å². The topological polar surface area (TPSA) is 31.2 Å². The van der Waals surface area contributed by atoms with E-state index in [1.165, 1.54) is 18.2 Å². The highest BCUT2D eigenvalue weighted by Crippen LogP contribution is 2.19. The number of ether oxygens (including phenoxy) is 1. The van der Waals surface area contributed by atoms with E-state index in [0.717, 1.165) is 0 Å². The highest BCUT2D eigenvalue weighted by Gasteiger charge is 2.13. The summed E-state index contributed by atoms with van der Waals surface area (Å²) in [6.07, 6.45) is 1.73. The summed E-state index contributed by atoms with van der Waals surface area (Å²) in [5, 5.41) is 0.463. The second-order valence-corrected chi connectivity index (χ2v) is 4.38. The third-order valence-electron chi connectivity index (χ3n) is 2.66. The molecule has 100 valence electrons. The van der Waals surface area contributed by atoms with E-state index in [9.17, 15) is 9.18 Å². The van der Waals surface area contributed by atoms with Crippen LogP contribution >= 0.6 is 11.6 Å². The maximum Gasteiger partial charge on any atom is 0.354 e. The fourth-order valence-corrected chi connectivity index (χ4v) is 1.97. The Hall–Kier alpha value is -1.81. The normalized spacial score (nSPS) is 10.5. The Bertz CT molecular complexity index is 595. The molecule has 3 nitrogen and oxygen atoms in total. The van der Waals surface area contributed by atoms with Crippen molar-refractivity contribution in [3.05, 3.63) is 58.6 Å². The first-order valence-corrected chi connectivity index (χ1v) is 6.25. The third-order valence-corrected chi connectivity index (χ3v) is 3.03. The minimum atomic E-state index is -0.403. The maximum atomic E-state index is 13.2. The molecule has 0 aliphatic carbocycles. The predicted octanol–water partition coefficient (Wildman–Crippen LogP) is 3.51. The molecule has 19 heavy (non-hydrogen) atoms. The number of hydrogen-bond donors (Lipinski definition) is 0. The molecule has 1 aromatic heterocycles. The van der Waals surface area contributed by atoms with Gasteiger partial charge in [-0.15, -0.1) is 0 Å². The number of nitrogens with zero attached hydrogens (tertiary/aromatic N) is 1. The fourth-order valence-electron chi connectivity index (χ4n) is 1.79. The zero-order chi connectivity index (χ0) is 13.8. The van der Waals surface area contributed by atoms with Crippen LogP contribution in [0.1, 0.15) is 23.0 Å². The first kappa shape index (κ1) is 13.6. The summed E-state index contributed by atoms with van der Waals surface area (Å²) < 4.78 is 19.8. The van der Waals surface area contributed by atoms with Crippen LogP contribution in [0.2, 0.25) is 5.02 Å². The van der Waals surface area contributed by atoms with E-state index in [-0.39, 0.29) is 5.82 Å². The minimum absolute atomic E-state index is 0.310. The number of carbonyl (C=O) groups excluding carboxylic acids is 1. The average Bonchev–Trinajstić information content (AvgIpc) is 2.82. The highest BCUT2D eigenvalue weighted by atomic mass is 35.5. The van der Waals surface area contributed by atoms with Gasteiger partial charge in [-0.05, 0) is 42.8 Å². The molecule has 0 unspecified atom stereocenters. The quantitative estimate of drug-likeness (QED) is 0.803. The molecular weight excluding hydrogens is 269 g/mol. The molecule has 0 spiro atoms. The summed E-state index contributed by atoms with van der Waals surface area (Å²) in [6.45, 7) is 2.37. The summed E-state index contributed by atoms with van der Waals surface area (Å²) in [5.74, 6) is -0.760. The number of esters is 1. The third kappa shape index (κ3) is 3.15. The molecule has 0 saturated carbocycles. The molecule has 0 atom stereocenters. The lowest BCUT2D eigenvalue weighted by molar-refractivity contribution is 0.0514. The molecule has 1 aromatic carbocycles. The molecular formula is C14H13ClFNO2. The fraction of sp³-hybridized carbons (Fsp3) is 0.214. The Morgan fingerprint density at radius 2 is 2.21 bits per heavy atom. The molecule has 0 radical (unpaired) electrons. The Balaban J connectivity index is 2.26. The van der Waals surface area contributed by atoms with Crippen molar-refractivity contribution in [1.29, 1.82) is 0 Å². The van der Waals surface area contributed by atoms with Crippen molar-refractivity contribution in [2.45, 2.75) is 13.5 Å². The van der Waals surface area contributed by atoms with Crippen molar-refractivity contribution in [3.63, 3.8) is 0 Å². The zero-order valence-corrected chi connectivity index (χ0v) is 11.2. The van der Waals surface area contributed by atoms with Crippen molar-refractivity contribution in [2.24, 2.45) is 0 Å². The molecule has 0 fully saturated rings. The maximum absolute atomic E-state index is 13.2. The van der Waals surface area contributed by atoms with E-state index in [1.54, 1.807) is 29.8 Å². The van der Waals surface area contributed by atoms with Gasteiger partial charge in [0.15, 0.2) is 0 Å². The van der Waals surface area contributed by atoms with E-state index >= 15 is 0 Å². The van der Waals surface area contributed by atoms with E-state index in [2.05, 4.69) is 0 Å². The van der Waals surface area contributed by atoms with Gasteiger partial charge in [0, 0.05) is 17.8 Å². The lowest BCUT2D eigenvalue weighted by Gasteiger charge is -2.10. The lowest BCUT2D eigenvalue weighted by atomic mass is 10.2. The van der Waals surface area contributed by atoms with Crippen molar-refractivity contribution in [3.8, 4) is 0 Å². The SMILES string of the molecule is CCOC(=O)c1cccn1Cc1cc(F)ccc1Cl. The Labute approximate surface area is 115 Å². The van der Waals surface area contributed by atoms with Gasteiger partial charge in [0.1, 0.15) is 11.5 Å². The molecule has 2 aromatic rings. The van der Waals surface area contributed by atoms with Gasteiger partial charge >= 0.3 is 5.97 Å². The number of benzene rings is 1. The van der Waals surface area contributed by atoms with Gasteiger partial charge in [-0.1, -0.05) is 11.6 Å². The molecule has 2 rings (SSSR count). The van der Waals surface area contributed by atoms with Gasteiger partial charge in [0.2, 0.25) is 0 Å². The van der Waals surface area contributed by atoms with Crippen LogP contribution < -0.4 is 0 Å². The largest absolute Gasteiger partial charge is 0.461 e. The van der Waals surface area contributed by atoms with Crippen LogP contribution in [0.15, 0.2) is 36.5 Å². The van der Waals surface area contributed by atoms with Gasteiger partial charge < -0.3 is 9.30 Å². The van der Waals surface area contributed by atoms with Crippen LogP contribution in [-0.2, 0) is 11.3 Å². The molecule has 1 heterocycles. The van der Waals surface area contributed by atoms with E-state index in [1.807, 2.05) is 0 Å². The van der Waals surface area contributed by atoms with Crippen molar-refractivity contribution in [2.75, 3.05) is 6.61 Å². The molecule has 0 N–H and O–H groups in total. The van der Waals surface area contributed by atoms with Crippen molar-refractivity contribution >= 4 is 17.6 Å². The Morgan fingerprint density at radius 3 is 2.95 bits per heavy atom. The number of carbonyl (C=O) groups is 1. The lowest BCUT2D eigenvalue weighted by Crippen LogP contribution is -2.12. The smallest absolute Gasteiger partial charge is 0.354 e. The highest BCUT2D eigenvalue weighted by molar-refractivity contribution is 6.31. The van der Waals surface area contributed by atoms with Crippen molar-refractivity contribution < 1.29 is 13.9 Å². The standard InChI is InChI=1S/C14H13ClFNO2/c1-2-19-14(18)13-4-3-7-17(13)9-10-8-11(16)5-6-12(10)15/h3-8H,2,9H2,1H3. The number of rotatable bonds is 4. The summed E-state index contributed by atoms with van der Waals surface area (Å²) in [7, 11) is 0. The van der Waals surface area contributed by atoms with E-state index in [0.29, 0.717) is 29.4 Å². The average molecular weight is 282 g/mol. The molecule has 0 aliphatic heterocycles. The van der Waals surface area contributed by atoms with Gasteiger partial charge in [0.25, 0.3) is 0 Å². The second-order valence-electron chi connectivity index (χ2n) is 3.98. The van der Waals surface area contributed by atoms with E-state index < -0.39 is 5.97 Å². The van der Waals surface area contributed by atoms with Crippen LogP contribution in [0.3, 0.4) is 0 Å². The first-order valence-electron chi connectivity index (χ1n) is 5.88.